The molecule has 0 saturated heterocycles. The van der Waals surface area contributed by atoms with E-state index in [0.717, 1.165) is 16.9 Å². The summed E-state index contributed by atoms with van der Waals surface area (Å²) in [5, 5.41) is 19.9. The van der Waals surface area contributed by atoms with E-state index in [4.69, 9.17) is 10.1 Å². The second-order valence-corrected chi connectivity index (χ2v) is 9.82. The van der Waals surface area contributed by atoms with E-state index in [1.165, 1.54) is 6.07 Å². The first-order chi connectivity index (χ1) is 16.1. The highest BCUT2D eigenvalue weighted by Gasteiger charge is 2.43. The number of para-hydroxylation sites is 1. The summed E-state index contributed by atoms with van der Waals surface area (Å²) < 4.78 is 1.62. The number of nitrogens with zero attached hydrogens (tertiary/aromatic N) is 5. The third kappa shape index (κ3) is 3.63. The predicted octanol–water partition coefficient (Wildman–Crippen LogP) is 4.58. The smallest absolute Gasteiger partial charge is 0.275 e. The summed E-state index contributed by atoms with van der Waals surface area (Å²) in [7, 11) is 3.94. The van der Waals surface area contributed by atoms with Gasteiger partial charge in [0.05, 0.1) is 10.5 Å². The van der Waals surface area contributed by atoms with Crippen LogP contribution < -0.4 is 10.2 Å². The Bertz CT molecular complexity index is 1340. The van der Waals surface area contributed by atoms with Crippen molar-refractivity contribution in [3.8, 4) is 11.4 Å². The third-order valence-corrected chi connectivity index (χ3v) is 6.40. The molecule has 34 heavy (non-hydrogen) atoms. The lowest BCUT2D eigenvalue weighted by molar-refractivity contribution is -0.385. The molecule has 1 aromatic heterocycles. The van der Waals surface area contributed by atoms with Gasteiger partial charge in [-0.1, -0.05) is 26.0 Å². The Balaban J connectivity index is 1.68. The topological polar surface area (TPSA) is 106 Å². The van der Waals surface area contributed by atoms with Crippen molar-refractivity contribution in [2.24, 2.45) is 5.41 Å². The van der Waals surface area contributed by atoms with E-state index < -0.39 is 11.0 Å². The molecule has 9 heteroatoms. The maximum absolute atomic E-state index is 13.4. The minimum Gasteiger partial charge on any atom is -0.378 e. The number of ketones is 1. The first-order valence-electron chi connectivity index (χ1n) is 11.2. The van der Waals surface area contributed by atoms with Gasteiger partial charge in [-0.05, 0) is 42.2 Å². The monoisotopic (exact) mass is 458 g/mol. The Kier molecular flexibility index (Phi) is 5.00. The van der Waals surface area contributed by atoms with Gasteiger partial charge in [0.15, 0.2) is 11.6 Å². The minimum absolute atomic E-state index is 0.0278. The molecule has 2 aromatic carbocycles. The van der Waals surface area contributed by atoms with Crippen LogP contribution in [0.15, 0.2) is 59.8 Å². The van der Waals surface area contributed by atoms with Crippen molar-refractivity contribution in [1.29, 1.82) is 0 Å². The molecule has 1 unspecified atom stereocenters. The van der Waals surface area contributed by atoms with Gasteiger partial charge in [-0.3, -0.25) is 14.9 Å². The average molecular weight is 459 g/mol. The van der Waals surface area contributed by atoms with Gasteiger partial charge in [0.2, 0.25) is 5.95 Å². The average Bonchev–Trinajstić information content (AvgIpc) is 3.20. The van der Waals surface area contributed by atoms with Crippen LogP contribution in [-0.4, -0.2) is 39.6 Å². The maximum Gasteiger partial charge on any atom is 0.275 e. The van der Waals surface area contributed by atoms with Crippen LogP contribution in [0.3, 0.4) is 0 Å². The number of hydrogen-bond donors (Lipinski definition) is 1. The number of carbonyl (C=O) groups is 1. The number of nitro groups is 1. The zero-order chi connectivity index (χ0) is 24.2. The normalized spacial score (nSPS) is 18.7. The van der Waals surface area contributed by atoms with E-state index in [0.29, 0.717) is 35.8 Å². The van der Waals surface area contributed by atoms with Gasteiger partial charge in [0.1, 0.15) is 6.04 Å². The fraction of sp³-hybridized carbons (Fsp3) is 0.320. The number of Topliss-reactive ketones (excluding diaryl/α,β-unsaturated/α-hetero) is 1. The summed E-state index contributed by atoms with van der Waals surface area (Å²) in [5.41, 5.74) is 3.32. The van der Waals surface area contributed by atoms with Crippen molar-refractivity contribution in [2.45, 2.75) is 32.7 Å². The summed E-state index contributed by atoms with van der Waals surface area (Å²) in [4.78, 5) is 31.6. The molecule has 0 fully saturated rings. The van der Waals surface area contributed by atoms with E-state index in [1.54, 1.807) is 22.9 Å². The highest BCUT2D eigenvalue weighted by molar-refractivity contribution is 6.00. The zero-order valence-electron chi connectivity index (χ0n) is 19.6. The molecule has 0 saturated carbocycles. The minimum atomic E-state index is -0.723. The van der Waals surface area contributed by atoms with Crippen LogP contribution in [-0.2, 0) is 4.79 Å². The lowest BCUT2D eigenvalue weighted by atomic mass is 9.73. The molecule has 0 spiro atoms. The fourth-order valence-electron chi connectivity index (χ4n) is 4.81. The second kappa shape index (κ2) is 7.79. The van der Waals surface area contributed by atoms with Crippen molar-refractivity contribution in [3.05, 3.63) is 75.5 Å². The molecule has 9 nitrogen and oxygen atoms in total. The first-order valence-corrected chi connectivity index (χ1v) is 11.2. The molecular formula is C25H26N6O3. The van der Waals surface area contributed by atoms with Crippen LogP contribution in [0.2, 0.25) is 0 Å². The Morgan fingerprint density at radius 2 is 1.82 bits per heavy atom. The number of fused-ring (bicyclic) bond motifs is 1. The summed E-state index contributed by atoms with van der Waals surface area (Å²) in [6.45, 7) is 4.10. The van der Waals surface area contributed by atoms with E-state index in [-0.39, 0.29) is 16.9 Å². The molecule has 0 bridgehead atoms. The molecule has 0 radical (unpaired) electrons. The largest absolute Gasteiger partial charge is 0.378 e. The zero-order valence-corrected chi connectivity index (χ0v) is 19.6. The number of nitrogens with one attached hydrogen (secondary N) is 1. The molecule has 5 rings (SSSR count). The molecule has 174 valence electrons. The van der Waals surface area contributed by atoms with E-state index in [9.17, 15) is 14.9 Å². The van der Waals surface area contributed by atoms with Crippen LogP contribution in [0.1, 0.15) is 38.3 Å². The summed E-state index contributed by atoms with van der Waals surface area (Å²) in [6, 6.07) is 13.7. The number of carbonyl (C=O) groups excluding carboxylic acids is 1. The van der Waals surface area contributed by atoms with Crippen LogP contribution in [0.5, 0.6) is 0 Å². The lowest BCUT2D eigenvalue weighted by Gasteiger charge is -2.38. The summed E-state index contributed by atoms with van der Waals surface area (Å²) >= 11 is 0. The van der Waals surface area contributed by atoms with Crippen molar-refractivity contribution in [1.82, 2.24) is 14.8 Å². The molecule has 0 amide bonds. The van der Waals surface area contributed by atoms with Gasteiger partial charge in [-0.15, -0.1) is 5.10 Å². The molecular weight excluding hydrogens is 432 g/mol. The highest BCUT2D eigenvalue weighted by Crippen LogP contribution is 2.47. The first kappa shape index (κ1) is 21.8. The standard InChI is InChI=1S/C25H26N6O3/c1-25(2)13-18-21(20(32)14-25)22(17-7-5-6-8-19(17)31(33)34)30-24(26-18)27-23(28-30)15-9-11-16(12-10-15)29(3)4/h5-12,22H,13-14H2,1-4H3,(H,26,27,28). The second-order valence-electron chi connectivity index (χ2n) is 9.82. The number of anilines is 2. The fourth-order valence-corrected chi connectivity index (χ4v) is 4.81. The highest BCUT2D eigenvalue weighted by atomic mass is 16.6. The van der Waals surface area contributed by atoms with Gasteiger partial charge in [-0.2, -0.15) is 4.98 Å². The van der Waals surface area contributed by atoms with E-state index >= 15 is 0 Å². The summed E-state index contributed by atoms with van der Waals surface area (Å²) in [5.74, 6) is 0.932. The maximum atomic E-state index is 13.4. The third-order valence-electron chi connectivity index (χ3n) is 6.40. The van der Waals surface area contributed by atoms with E-state index in [2.05, 4.69) is 5.32 Å². The predicted molar refractivity (Wildman–Crippen MR) is 130 cm³/mol. The summed E-state index contributed by atoms with van der Waals surface area (Å²) in [6.07, 6.45) is 1.01. The van der Waals surface area contributed by atoms with Gasteiger partial charge >= 0.3 is 0 Å². The Labute approximate surface area is 197 Å². The molecule has 2 aliphatic rings. The van der Waals surface area contributed by atoms with Crippen molar-refractivity contribution in [3.63, 3.8) is 0 Å². The number of hydrogen-bond acceptors (Lipinski definition) is 7. The number of rotatable bonds is 4. The molecule has 1 N–H and O–H groups in total. The van der Waals surface area contributed by atoms with Crippen LogP contribution in [0, 0.1) is 15.5 Å². The number of aromatic nitrogens is 3. The Morgan fingerprint density at radius 1 is 1.12 bits per heavy atom. The van der Waals surface area contributed by atoms with Gasteiger partial charge in [0.25, 0.3) is 5.69 Å². The van der Waals surface area contributed by atoms with Crippen LogP contribution >= 0.6 is 0 Å². The van der Waals surface area contributed by atoms with Gasteiger partial charge in [0, 0.05) is 49.1 Å². The van der Waals surface area contributed by atoms with Gasteiger partial charge in [-0.25, -0.2) is 4.68 Å². The number of benzene rings is 2. The van der Waals surface area contributed by atoms with Crippen molar-refractivity contribution >= 4 is 23.1 Å². The molecule has 2 heterocycles. The Hall–Kier alpha value is -4.01. The number of allylic oxidation sites excluding steroid dienone is 2. The van der Waals surface area contributed by atoms with E-state index in [1.807, 2.05) is 57.1 Å². The van der Waals surface area contributed by atoms with Gasteiger partial charge < -0.3 is 10.2 Å². The Morgan fingerprint density at radius 3 is 2.50 bits per heavy atom. The quantitative estimate of drug-likeness (QED) is 0.451. The molecule has 1 aliphatic carbocycles. The molecule has 3 aromatic rings. The molecule has 1 aliphatic heterocycles. The molecule has 1 atom stereocenters. The SMILES string of the molecule is CN(C)c1ccc(-c2nc3n(n2)C(c2ccccc2[N+](=O)[O-])C2=C(CC(C)(C)CC2=O)N3)cc1. The number of nitro benzene ring substituents is 1. The van der Waals surface area contributed by atoms with Crippen molar-refractivity contribution in [2.75, 3.05) is 24.3 Å². The van der Waals surface area contributed by atoms with Crippen molar-refractivity contribution < 1.29 is 9.72 Å². The van der Waals surface area contributed by atoms with Crippen LogP contribution in [0.25, 0.3) is 11.4 Å². The lowest BCUT2D eigenvalue weighted by Crippen LogP contribution is -2.36. The van der Waals surface area contributed by atoms with Crippen LogP contribution in [0.4, 0.5) is 17.3 Å².